The average molecular weight is 576 g/mol. The van der Waals surface area contributed by atoms with E-state index in [1.807, 2.05) is 18.0 Å². The first-order valence-electron chi connectivity index (χ1n) is 13.7. The number of rotatable bonds is 10. The second-order valence-corrected chi connectivity index (χ2v) is 12.3. The predicted molar refractivity (Wildman–Crippen MR) is 145 cm³/mol. The molecule has 0 radical (unpaired) electrons. The van der Waals surface area contributed by atoms with E-state index in [1.54, 1.807) is 18.7 Å². The maximum Gasteiger partial charge on any atom is 0.353 e. The van der Waals surface area contributed by atoms with Crippen LogP contribution >= 0.6 is 11.8 Å². The van der Waals surface area contributed by atoms with E-state index in [9.17, 15) is 24.3 Å². The Kier molecular flexibility index (Phi) is 8.17. The van der Waals surface area contributed by atoms with Crippen molar-refractivity contribution >= 4 is 35.5 Å². The van der Waals surface area contributed by atoms with Gasteiger partial charge in [-0.3, -0.25) is 14.4 Å². The van der Waals surface area contributed by atoms with Crippen molar-refractivity contribution in [2.24, 2.45) is 17.6 Å². The molecular formula is C25H37N9O5S. The van der Waals surface area contributed by atoms with Gasteiger partial charge in [0.15, 0.2) is 0 Å². The van der Waals surface area contributed by atoms with E-state index in [1.165, 1.54) is 16.7 Å². The first-order chi connectivity index (χ1) is 19.1. The van der Waals surface area contributed by atoms with E-state index in [-0.39, 0.29) is 59.3 Å². The summed E-state index contributed by atoms with van der Waals surface area (Å²) in [6.45, 7) is 5.92. The maximum atomic E-state index is 13.3. The number of carboxylic acid groups (broad SMARTS) is 1. The molecule has 0 aromatic carbocycles. The molecule has 3 amide bonds. The minimum absolute atomic E-state index is 0.0124. The minimum atomic E-state index is -1.14. The highest BCUT2D eigenvalue weighted by atomic mass is 32.2. The van der Waals surface area contributed by atoms with Crippen LogP contribution in [0.3, 0.4) is 0 Å². The third-order valence-corrected chi connectivity index (χ3v) is 9.87. The average Bonchev–Trinajstić information content (AvgIpc) is 3.70. The lowest BCUT2D eigenvalue weighted by Crippen LogP contribution is -2.66. The molecule has 218 valence electrons. The summed E-state index contributed by atoms with van der Waals surface area (Å²) >= 11 is 1.45. The molecule has 0 aliphatic carbocycles. The number of nitrogens with zero attached hydrogens (tertiary/aromatic N) is 5. The van der Waals surface area contributed by atoms with Gasteiger partial charge in [-0.05, 0) is 26.8 Å². The number of amides is 3. The standard InChI is InChI=1S/C25H37N9O5S/c1-12-20-19(13(2)29-18(35)9-27-3)24(37)34(20)21(25(38)39)22(12)40-16-6-17(28-8-16)23(36)32-5-4-15(11-32)33-10-14(7-26)30-31-33/h10,12-13,15-17,19-20,27-28H,4-9,11,26H2,1-3H3,(H,29,35)(H,38,39)/t12-,13-,15+,16+,17+,19-,20+/m1/s1. The van der Waals surface area contributed by atoms with Gasteiger partial charge in [0.1, 0.15) is 5.70 Å². The summed E-state index contributed by atoms with van der Waals surface area (Å²) in [4.78, 5) is 54.6. The molecule has 3 fully saturated rings. The number of carbonyl (C=O) groups is 4. The number of likely N-dealkylation sites (N-methyl/N-ethyl adjacent to an activating group) is 1. The molecule has 5 rings (SSSR count). The van der Waals surface area contributed by atoms with E-state index in [4.69, 9.17) is 5.73 Å². The minimum Gasteiger partial charge on any atom is -0.477 e. The van der Waals surface area contributed by atoms with Crippen LogP contribution < -0.4 is 21.7 Å². The molecule has 4 aliphatic heterocycles. The number of aromatic nitrogens is 3. The van der Waals surface area contributed by atoms with Crippen LogP contribution in [0, 0.1) is 11.8 Å². The summed E-state index contributed by atoms with van der Waals surface area (Å²) in [5, 5.41) is 27.2. The van der Waals surface area contributed by atoms with Crippen molar-refractivity contribution < 1.29 is 24.3 Å². The molecule has 0 saturated carbocycles. The molecule has 0 spiro atoms. The first kappa shape index (κ1) is 28.5. The second kappa shape index (κ2) is 11.5. The second-order valence-electron chi connectivity index (χ2n) is 11.0. The molecule has 4 aliphatic rings. The van der Waals surface area contributed by atoms with Crippen molar-refractivity contribution in [3.63, 3.8) is 0 Å². The fourth-order valence-electron chi connectivity index (χ4n) is 6.38. The van der Waals surface area contributed by atoms with Crippen molar-refractivity contribution in [2.75, 3.05) is 33.2 Å². The van der Waals surface area contributed by atoms with Crippen LogP contribution in [-0.2, 0) is 25.7 Å². The Balaban J connectivity index is 1.21. The number of fused-ring (bicyclic) bond motifs is 1. The van der Waals surface area contributed by atoms with Gasteiger partial charge in [0.2, 0.25) is 17.7 Å². The molecule has 1 aromatic heterocycles. The topological polar surface area (TPSA) is 188 Å². The Morgan fingerprint density at radius 3 is 2.80 bits per heavy atom. The van der Waals surface area contributed by atoms with Gasteiger partial charge in [-0.15, -0.1) is 16.9 Å². The highest BCUT2D eigenvalue weighted by molar-refractivity contribution is 8.03. The zero-order valence-electron chi connectivity index (χ0n) is 22.9. The van der Waals surface area contributed by atoms with Crippen LogP contribution in [0.15, 0.2) is 16.8 Å². The molecule has 0 unspecified atom stereocenters. The molecule has 3 saturated heterocycles. The third kappa shape index (κ3) is 5.10. The number of carbonyl (C=O) groups excluding carboxylic acids is 3. The highest BCUT2D eigenvalue weighted by Crippen LogP contribution is 2.51. The van der Waals surface area contributed by atoms with Gasteiger partial charge < -0.3 is 36.6 Å². The Bertz CT molecular complexity index is 1220. The van der Waals surface area contributed by atoms with Crippen molar-refractivity contribution in [3.05, 3.63) is 22.5 Å². The van der Waals surface area contributed by atoms with Crippen LogP contribution in [0.25, 0.3) is 0 Å². The molecule has 40 heavy (non-hydrogen) atoms. The van der Waals surface area contributed by atoms with Gasteiger partial charge in [0.05, 0.1) is 42.5 Å². The fourth-order valence-corrected chi connectivity index (χ4v) is 7.86. The molecule has 7 atom stereocenters. The van der Waals surface area contributed by atoms with Gasteiger partial charge in [0, 0.05) is 48.3 Å². The number of carboxylic acids is 1. The van der Waals surface area contributed by atoms with Crippen molar-refractivity contribution in [2.45, 2.75) is 62.7 Å². The van der Waals surface area contributed by atoms with Crippen LogP contribution in [0.2, 0.25) is 0 Å². The fraction of sp³-hybridized carbons (Fsp3) is 0.680. The number of nitrogens with one attached hydrogen (secondary N) is 3. The van der Waals surface area contributed by atoms with E-state index in [0.29, 0.717) is 43.2 Å². The molecule has 1 aromatic rings. The number of hydrogen-bond donors (Lipinski definition) is 5. The van der Waals surface area contributed by atoms with E-state index < -0.39 is 17.9 Å². The molecule has 15 heteroatoms. The van der Waals surface area contributed by atoms with Crippen molar-refractivity contribution in [1.29, 1.82) is 0 Å². The van der Waals surface area contributed by atoms with E-state index in [0.717, 1.165) is 6.42 Å². The predicted octanol–water partition coefficient (Wildman–Crippen LogP) is -1.53. The van der Waals surface area contributed by atoms with Gasteiger partial charge in [-0.2, -0.15) is 0 Å². The van der Waals surface area contributed by atoms with Crippen LogP contribution in [-0.4, -0.2) is 110 Å². The van der Waals surface area contributed by atoms with Crippen LogP contribution in [0.5, 0.6) is 0 Å². The van der Waals surface area contributed by atoms with Gasteiger partial charge >= 0.3 is 5.97 Å². The highest BCUT2D eigenvalue weighted by Gasteiger charge is 2.60. The summed E-state index contributed by atoms with van der Waals surface area (Å²) < 4.78 is 1.78. The Morgan fingerprint density at radius 2 is 2.12 bits per heavy atom. The number of β-lactam (4-membered cyclic amide) rings is 1. The quantitative estimate of drug-likeness (QED) is 0.204. The first-order valence-corrected chi connectivity index (χ1v) is 14.6. The molecule has 5 heterocycles. The van der Waals surface area contributed by atoms with E-state index in [2.05, 4.69) is 26.3 Å². The monoisotopic (exact) mass is 575 g/mol. The SMILES string of the molecule is CNCC(=O)N[C@H](C)[C@H]1C(=O)N2C(C(=O)O)=C(S[C@@H]3CN[C@H](C(=O)N4CC[C@H](n5cc(CN)nn5)C4)C3)[C@H](C)[C@@H]12. The molecule has 6 N–H and O–H groups in total. The zero-order chi connectivity index (χ0) is 28.7. The van der Waals surface area contributed by atoms with Crippen LogP contribution in [0.1, 0.15) is 38.4 Å². The number of thioether (sulfide) groups is 1. The number of nitrogens with two attached hydrogens (primary N) is 1. The van der Waals surface area contributed by atoms with Crippen molar-refractivity contribution in [1.82, 2.24) is 40.7 Å². The number of hydrogen-bond acceptors (Lipinski definition) is 10. The van der Waals surface area contributed by atoms with Crippen molar-refractivity contribution in [3.8, 4) is 0 Å². The van der Waals surface area contributed by atoms with Gasteiger partial charge in [-0.25, -0.2) is 9.48 Å². The number of aliphatic carboxylic acids is 1. The van der Waals surface area contributed by atoms with Crippen LogP contribution in [0.4, 0.5) is 0 Å². The Labute approximate surface area is 236 Å². The molecular weight excluding hydrogens is 538 g/mol. The van der Waals surface area contributed by atoms with Gasteiger partial charge in [-0.1, -0.05) is 12.1 Å². The Morgan fingerprint density at radius 1 is 1.35 bits per heavy atom. The number of likely N-dealkylation sites (tertiary alicyclic amines) is 1. The largest absolute Gasteiger partial charge is 0.477 e. The summed E-state index contributed by atoms with van der Waals surface area (Å²) in [5.41, 5.74) is 6.37. The lowest BCUT2D eigenvalue weighted by atomic mass is 9.78. The summed E-state index contributed by atoms with van der Waals surface area (Å²) in [6.07, 6.45) is 3.18. The lowest BCUT2D eigenvalue weighted by Gasteiger charge is -2.47. The normalized spacial score (nSPS) is 30.4. The summed E-state index contributed by atoms with van der Waals surface area (Å²) in [5.74, 6) is -2.29. The summed E-state index contributed by atoms with van der Waals surface area (Å²) in [7, 11) is 1.67. The maximum absolute atomic E-state index is 13.3. The smallest absolute Gasteiger partial charge is 0.353 e. The lowest BCUT2D eigenvalue weighted by molar-refractivity contribution is -0.158. The third-order valence-electron chi connectivity index (χ3n) is 8.35. The zero-order valence-corrected chi connectivity index (χ0v) is 23.7. The van der Waals surface area contributed by atoms with E-state index >= 15 is 0 Å². The summed E-state index contributed by atoms with van der Waals surface area (Å²) in [6, 6.07) is -1.04. The van der Waals surface area contributed by atoms with Gasteiger partial charge in [0.25, 0.3) is 0 Å². The molecule has 14 nitrogen and oxygen atoms in total. The molecule has 0 bridgehead atoms. The Hall–Kier alpha value is -3.01.